The maximum Gasteiger partial charge on any atom is 0.0640 e. The molecule has 0 heterocycles. The largest absolute Gasteiger partial charge is 0.397 e. The summed E-state index contributed by atoms with van der Waals surface area (Å²) in [5.74, 6) is 0. The first-order valence-electron chi connectivity index (χ1n) is 5.25. The standard InChI is InChI=1S/C12H16BrN3/c1-9(2)16(7-3-6-14)12-5-4-10(13)8-11(12)15/h4-5,8-9H,3,7,15H2,1-2H3. The molecule has 0 unspecified atom stereocenters. The number of nitriles is 1. The van der Waals surface area contributed by atoms with E-state index in [1.165, 1.54) is 0 Å². The summed E-state index contributed by atoms with van der Waals surface area (Å²) in [6.07, 6.45) is 0.508. The van der Waals surface area contributed by atoms with Crippen molar-refractivity contribution in [3.8, 4) is 6.07 Å². The van der Waals surface area contributed by atoms with E-state index in [0.717, 1.165) is 15.8 Å². The lowest BCUT2D eigenvalue weighted by Crippen LogP contribution is -2.32. The fraction of sp³-hybridized carbons (Fsp3) is 0.417. The summed E-state index contributed by atoms with van der Waals surface area (Å²) in [6, 6.07) is 8.33. The predicted octanol–water partition coefficient (Wildman–Crippen LogP) is 3.16. The molecular weight excluding hydrogens is 266 g/mol. The maximum atomic E-state index is 8.64. The van der Waals surface area contributed by atoms with Crippen LogP contribution in [0.15, 0.2) is 22.7 Å². The van der Waals surface area contributed by atoms with Crippen LogP contribution in [0.3, 0.4) is 0 Å². The quantitative estimate of drug-likeness (QED) is 0.863. The Bertz CT molecular complexity index is 396. The first kappa shape index (κ1) is 12.9. The van der Waals surface area contributed by atoms with Gasteiger partial charge in [-0.05, 0) is 32.0 Å². The van der Waals surface area contributed by atoms with E-state index in [1.54, 1.807) is 0 Å². The molecule has 1 rings (SSSR count). The minimum atomic E-state index is 0.330. The third kappa shape index (κ3) is 3.14. The smallest absolute Gasteiger partial charge is 0.0640 e. The van der Waals surface area contributed by atoms with Crippen molar-refractivity contribution in [2.45, 2.75) is 26.3 Å². The number of nitrogen functional groups attached to an aromatic ring is 1. The Kier molecular flexibility index (Phi) is 4.63. The Morgan fingerprint density at radius 1 is 1.50 bits per heavy atom. The van der Waals surface area contributed by atoms with E-state index in [0.29, 0.717) is 19.0 Å². The molecule has 0 amide bonds. The van der Waals surface area contributed by atoms with Crippen molar-refractivity contribution in [1.29, 1.82) is 5.26 Å². The van der Waals surface area contributed by atoms with Crippen LogP contribution in [-0.2, 0) is 0 Å². The van der Waals surface area contributed by atoms with Gasteiger partial charge >= 0.3 is 0 Å². The average Bonchev–Trinajstić information content (AvgIpc) is 2.20. The molecule has 0 aliphatic heterocycles. The molecule has 0 fully saturated rings. The van der Waals surface area contributed by atoms with Gasteiger partial charge in [0.25, 0.3) is 0 Å². The number of rotatable bonds is 4. The van der Waals surface area contributed by atoms with Crippen molar-refractivity contribution in [3.05, 3.63) is 22.7 Å². The first-order valence-corrected chi connectivity index (χ1v) is 6.04. The molecule has 3 nitrogen and oxygen atoms in total. The molecule has 0 spiro atoms. The second-order valence-corrected chi connectivity index (χ2v) is 4.81. The molecule has 1 aromatic rings. The van der Waals surface area contributed by atoms with Crippen LogP contribution in [0, 0.1) is 11.3 Å². The van der Waals surface area contributed by atoms with Crippen molar-refractivity contribution in [1.82, 2.24) is 0 Å². The zero-order chi connectivity index (χ0) is 12.1. The minimum absolute atomic E-state index is 0.330. The van der Waals surface area contributed by atoms with Crippen molar-refractivity contribution in [2.75, 3.05) is 17.2 Å². The lowest BCUT2D eigenvalue weighted by molar-refractivity contribution is 0.687. The van der Waals surface area contributed by atoms with Crippen LogP contribution in [0.1, 0.15) is 20.3 Å². The molecule has 0 aliphatic carbocycles. The third-order valence-corrected chi connectivity index (χ3v) is 2.88. The second kappa shape index (κ2) is 5.76. The van der Waals surface area contributed by atoms with Gasteiger partial charge in [-0.15, -0.1) is 0 Å². The fourth-order valence-corrected chi connectivity index (χ4v) is 1.99. The molecular formula is C12H16BrN3. The zero-order valence-electron chi connectivity index (χ0n) is 9.57. The number of nitrogens with two attached hydrogens (primary N) is 1. The Hall–Kier alpha value is -1.21. The number of anilines is 2. The summed E-state index contributed by atoms with van der Waals surface area (Å²) in [5, 5.41) is 8.64. The van der Waals surface area contributed by atoms with Gasteiger partial charge in [-0.2, -0.15) is 5.26 Å². The second-order valence-electron chi connectivity index (χ2n) is 3.90. The van der Waals surface area contributed by atoms with Crippen LogP contribution < -0.4 is 10.6 Å². The highest BCUT2D eigenvalue weighted by molar-refractivity contribution is 9.10. The highest BCUT2D eigenvalue weighted by Gasteiger charge is 2.12. The van der Waals surface area contributed by atoms with Gasteiger partial charge < -0.3 is 10.6 Å². The van der Waals surface area contributed by atoms with Crippen molar-refractivity contribution in [3.63, 3.8) is 0 Å². The number of benzene rings is 1. The van der Waals surface area contributed by atoms with Gasteiger partial charge in [0.05, 0.1) is 23.9 Å². The first-order chi connectivity index (χ1) is 7.56. The molecule has 0 aliphatic rings. The summed E-state index contributed by atoms with van der Waals surface area (Å²) < 4.78 is 0.970. The maximum absolute atomic E-state index is 8.64. The molecule has 86 valence electrons. The Labute approximate surface area is 105 Å². The molecule has 16 heavy (non-hydrogen) atoms. The average molecular weight is 282 g/mol. The number of halogens is 1. The van der Waals surface area contributed by atoms with Gasteiger partial charge in [0, 0.05) is 17.1 Å². The van der Waals surface area contributed by atoms with Crippen LogP contribution >= 0.6 is 15.9 Å². The van der Waals surface area contributed by atoms with Crippen LogP contribution in [0.2, 0.25) is 0 Å². The number of hydrogen-bond acceptors (Lipinski definition) is 3. The van der Waals surface area contributed by atoms with Crippen LogP contribution in [0.4, 0.5) is 11.4 Å². The van der Waals surface area contributed by atoms with E-state index in [1.807, 2.05) is 18.2 Å². The van der Waals surface area contributed by atoms with Gasteiger partial charge in [0.1, 0.15) is 0 Å². The lowest BCUT2D eigenvalue weighted by atomic mass is 10.2. The van der Waals surface area contributed by atoms with Gasteiger partial charge in [-0.1, -0.05) is 15.9 Å². The van der Waals surface area contributed by atoms with Crippen LogP contribution in [0.5, 0.6) is 0 Å². The summed E-state index contributed by atoms with van der Waals surface area (Å²) in [5.41, 5.74) is 7.71. The molecule has 0 bridgehead atoms. The molecule has 4 heteroatoms. The van der Waals surface area contributed by atoms with Crippen LogP contribution in [0.25, 0.3) is 0 Å². The summed E-state index contributed by atoms with van der Waals surface area (Å²) in [4.78, 5) is 2.14. The monoisotopic (exact) mass is 281 g/mol. The van der Waals surface area contributed by atoms with E-state index in [4.69, 9.17) is 11.0 Å². The molecule has 0 saturated carbocycles. The van der Waals surface area contributed by atoms with Gasteiger partial charge in [-0.25, -0.2) is 0 Å². The van der Waals surface area contributed by atoms with E-state index >= 15 is 0 Å². The summed E-state index contributed by atoms with van der Waals surface area (Å²) in [7, 11) is 0. The van der Waals surface area contributed by atoms with Gasteiger partial charge in [-0.3, -0.25) is 0 Å². The lowest BCUT2D eigenvalue weighted by Gasteiger charge is -2.29. The van der Waals surface area contributed by atoms with E-state index < -0.39 is 0 Å². The predicted molar refractivity (Wildman–Crippen MR) is 71.3 cm³/mol. The Morgan fingerprint density at radius 2 is 2.19 bits per heavy atom. The molecule has 0 saturated heterocycles. The number of hydrogen-bond donors (Lipinski definition) is 1. The topological polar surface area (TPSA) is 53.0 Å². The minimum Gasteiger partial charge on any atom is -0.397 e. The zero-order valence-corrected chi connectivity index (χ0v) is 11.2. The Balaban J connectivity index is 2.97. The van der Waals surface area contributed by atoms with E-state index in [-0.39, 0.29) is 0 Å². The van der Waals surface area contributed by atoms with E-state index in [9.17, 15) is 0 Å². The summed E-state index contributed by atoms with van der Waals surface area (Å²) in [6.45, 7) is 4.90. The van der Waals surface area contributed by atoms with Crippen molar-refractivity contribution in [2.24, 2.45) is 0 Å². The Morgan fingerprint density at radius 3 is 2.69 bits per heavy atom. The summed E-state index contributed by atoms with van der Waals surface area (Å²) >= 11 is 3.38. The van der Waals surface area contributed by atoms with Gasteiger partial charge in [0.15, 0.2) is 0 Å². The number of nitrogens with zero attached hydrogens (tertiary/aromatic N) is 2. The third-order valence-electron chi connectivity index (χ3n) is 2.39. The molecule has 2 N–H and O–H groups in total. The molecule has 0 radical (unpaired) electrons. The normalized spacial score (nSPS) is 10.2. The van der Waals surface area contributed by atoms with Crippen LogP contribution in [-0.4, -0.2) is 12.6 Å². The molecule has 0 atom stereocenters. The molecule has 1 aromatic carbocycles. The van der Waals surface area contributed by atoms with Crippen molar-refractivity contribution >= 4 is 27.3 Å². The van der Waals surface area contributed by atoms with E-state index in [2.05, 4.69) is 40.7 Å². The highest BCUT2D eigenvalue weighted by atomic mass is 79.9. The SMILES string of the molecule is CC(C)N(CCC#N)c1ccc(Br)cc1N. The van der Waals surface area contributed by atoms with Crippen molar-refractivity contribution < 1.29 is 0 Å². The van der Waals surface area contributed by atoms with Gasteiger partial charge in [0.2, 0.25) is 0 Å². The fourth-order valence-electron chi connectivity index (χ4n) is 1.61. The highest BCUT2D eigenvalue weighted by Crippen LogP contribution is 2.28. The molecule has 0 aromatic heterocycles.